The molecule has 0 heterocycles. The zero-order valence-electron chi connectivity index (χ0n) is 38.5. The molecule has 0 saturated heterocycles. The Morgan fingerprint density at radius 1 is 0.534 bits per heavy atom. The van der Waals surface area contributed by atoms with Crippen molar-refractivity contribution in [1.29, 1.82) is 0 Å². The van der Waals surface area contributed by atoms with Gasteiger partial charge in [0.1, 0.15) is 12.2 Å². The summed E-state index contributed by atoms with van der Waals surface area (Å²) in [5.74, 6) is 1.97. The molecular weight excluding hydrogens is 759 g/mol. The number of aliphatic hydroxyl groups is 1. The smallest absolute Gasteiger partial charge is 0.306 e. The van der Waals surface area contributed by atoms with Crippen molar-refractivity contribution in [3.8, 4) is 0 Å². The second-order valence-electron chi connectivity index (χ2n) is 18.3. The molecule has 2 saturated carbocycles. The van der Waals surface area contributed by atoms with Gasteiger partial charge in [-0.2, -0.15) is 23.5 Å². The van der Waals surface area contributed by atoms with Crippen LogP contribution in [0, 0.1) is 0 Å². The lowest BCUT2D eigenvalue weighted by Crippen LogP contribution is -2.32. The number of thioether (sulfide) groups is 2. The predicted molar refractivity (Wildman–Crippen MR) is 253 cm³/mol. The number of hydrogen-bond donors (Lipinski definition) is 1. The number of esters is 2. The van der Waals surface area contributed by atoms with Gasteiger partial charge >= 0.3 is 11.9 Å². The maximum atomic E-state index is 12.9. The Balaban J connectivity index is 1.81. The van der Waals surface area contributed by atoms with Gasteiger partial charge in [0, 0.05) is 47.5 Å². The molecule has 0 aliphatic heterocycles. The molecule has 342 valence electrons. The van der Waals surface area contributed by atoms with E-state index in [9.17, 15) is 14.7 Å². The molecule has 2 rings (SSSR count). The number of hydrogen-bond acceptors (Lipinski definition) is 8. The van der Waals surface area contributed by atoms with Crippen LogP contribution in [0.25, 0.3) is 0 Å². The van der Waals surface area contributed by atoms with Gasteiger partial charge < -0.3 is 19.5 Å². The van der Waals surface area contributed by atoms with Gasteiger partial charge in [0.05, 0.1) is 0 Å². The van der Waals surface area contributed by atoms with E-state index < -0.39 is 0 Å². The standard InChI is InChI=1S/C50H95NO5S2/c1-4-6-8-10-12-26-38-49(53)55-45(42-57-47-34-22-16-23-35-47)32-20-14-18-30-44(51(3)40-28-29-41-52)31-19-15-21-33-46(43-58-48-36-24-17-25-37-48)56-50(54)39-27-13-11-9-7-5-2/h44-48,52H,4-43H2,1-3H3. The Kier molecular flexibility index (Phi) is 35.4. The summed E-state index contributed by atoms with van der Waals surface area (Å²) in [5, 5.41) is 10.9. The van der Waals surface area contributed by atoms with Gasteiger partial charge in [0.2, 0.25) is 0 Å². The molecule has 0 spiro atoms. The van der Waals surface area contributed by atoms with E-state index in [0.29, 0.717) is 18.9 Å². The van der Waals surface area contributed by atoms with E-state index in [1.54, 1.807) is 0 Å². The van der Waals surface area contributed by atoms with E-state index in [1.165, 1.54) is 154 Å². The molecule has 0 aromatic rings. The number of aliphatic hydroxyl groups excluding tert-OH is 1. The molecule has 6 nitrogen and oxygen atoms in total. The first-order chi connectivity index (χ1) is 28.4. The fourth-order valence-corrected chi connectivity index (χ4v) is 11.8. The third-order valence-corrected chi connectivity index (χ3v) is 15.9. The lowest BCUT2D eigenvalue weighted by molar-refractivity contribution is -0.149. The minimum atomic E-state index is 0.0231. The van der Waals surface area contributed by atoms with Crippen LogP contribution < -0.4 is 0 Å². The molecule has 1 N–H and O–H groups in total. The van der Waals surface area contributed by atoms with Gasteiger partial charge in [-0.05, 0) is 103 Å². The summed E-state index contributed by atoms with van der Waals surface area (Å²) in [4.78, 5) is 28.3. The fourth-order valence-electron chi connectivity index (χ4n) is 8.99. The first kappa shape index (κ1) is 53.7. The molecule has 8 heteroatoms. The van der Waals surface area contributed by atoms with Gasteiger partial charge in [-0.1, -0.05) is 142 Å². The average molecular weight is 854 g/mol. The van der Waals surface area contributed by atoms with Gasteiger partial charge in [0.25, 0.3) is 0 Å². The zero-order valence-corrected chi connectivity index (χ0v) is 40.1. The maximum absolute atomic E-state index is 12.9. The van der Waals surface area contributed by atoms with Crippen LogP contribution >= 0.6 is 23.5 Å². The number of unbranched alkanes of at least 4 members (excludes halogenated alkanes) is 15. The summed E-state index contributed by atoms with van der Waals surface area (Å²) in [6.45, 7) is 5.80. The Morgan fingerprint density at radius 3 is 1.36 bits per heavy atom. The van der Waals surface area contributed by atoms with Crippen molar-refractivity contribution in [2.45, 2.75) is 274 Å². The van der Waals surface area contributed by atoms with E-state index in [4.69, 9.17) is 9.47 Å². The molecule has 2 unspecified atom stereocenters. The minimum Gasteiger partial charge on any atom is -0.461 e. The average Bonchev–Trinajstić information content (AvgIpc) is 3.23. The summed E-state index contributed by atoms with van der Waals surface area (Å²) in [6, 6.07) is 0.555. The minimum absolute atomic E-state index is 0.0231. The highest BCUT2D eigenvalue weighted by molar-refractivity contribution is 8.00. The van der Waals surface area contributed by atoms with Crippen LogP contribution in [0.5, 0.6) is 0 Å². The van der Waals surface area contributed by atoms with Crippen LogP contribution in [0.1, 0.15) is 245 Å². The second kappa shape index (κ2) is 38.3. The Labute approximate surface area is 368 Å². The molecule has 0 aromatic heterocycles. The van der Waals surface area contributed by atoms with E-state index >= 15 is 0 Å². The van der Waals surface area contributed by atoms with Crippen LogP contribution in [0.3, 0.4) is 0 Å². The third-order valence-electron chi connectivity index (χ3n) is 12.9. The highest BCUT2D eigenvalue weighted by Gasteiger charge is 2.22. The van der Waals surface area contributed by atoms with Gasteiger partial charge in [-0.3, -0.25) is 9.59 Å². The van der Waals surface area contributed by atoms with Crippen molar-refractivity contribution >= 4 is 35.5 Å². The van der Waals surface area contributed by atoms with Crippen molar-refractivity contribution in [2.75, 3.05) is 31.7 Å². The molecule has 2 fully saturated rings. The Hall–Kier alpha value is -0.440. The van der Waals surface area contributed by atoms with E-state index in [2.05, 4.69) is 49.3 Å². The van der Waals surface area contributed by atoms with Crippen LogP contribution in [0.4, 0.5) is 0 Å². The maximum Gasteiger partial charge on any atom is 0.306 e. The number of carbonyl (C=O) groups is 2. The Morgan fingerprint density at radius 2 is 0.931 bits per heavy atom. The number of carbonyl (C=O) groups excluding carboxylic acids is 2. The zero-order chi connectivity index (χ0) is 41.7. The lowest BCUT2D eigenvalue weighted by Gasteiger charge is -2.29. The van der Waals surface area contributed by atoms with Crippen molar-refractivity contribution in [3.63, 3.8) is 0 Å². The monoisotopic (exact) mass is 854 g/mol. The fraction of sp³-hybridized carbons (Fsp3) is 0.960. The molecule has 2 atom stereocenters. The number of nitrogens with zero attached hydrogens (tertiary/aromatic N) is 1. The summed E-state index contributed by atoms with van der Waals surface area (Å²) >= 11 is 4.14. The molecule has 0 aromatic carbocycles. The molecule has 0 amide bonds. The van der Waals surface area contributed by atoms with Crippen molar-refractivity contribution in [3.05, 3.63) is 0 Å². The third kappa shape index (κ3) is 29.8. The van der Waals surface area contributed by atoms with Gasteiger partial charge in [0.15, 0.2) is 0 Å². The van der Waals surface area contributed by atoms with Gasteiger partial charge in [-0.25, -0.2) is 0 Å². The lowest BCUT2D eigenvalue weighted by atomic mass is 9.98. The van der Waals surface area contributed by atoms with E-state index in [-0.39, 0.29) is 30.8 Å². The van der Waals surface area contributed by atoms with Crippen LogP contribution in [-0.2, 0) is 19.1 Å². The molecule has 2 aliphatic rings. The number of ether oxygens (including phenoxy) is 2. The molecular formula is C50H95NO5S2. The highest BCUT2D eigenvalue weighted by atomic mass is 32.2. The first-order valence-corrected chi connectivity index (χ1v) is 27.5. The first-order valence-electron chi connectivity index (χ1n) is 25.4. The molecule has 0 bridgehead atoms. The normalized spacial score (nSPS) is 17.1. The van der Waals surface area contributed by atoms with E-state index in [1.807, 2.05) is 0 Å². The molecule has 0 radical (unpaired) electrons. The SMILES string of the molecule is CCCCCCCCC(=O)OC(CCCCCC(CCCCCC(CSC1CCCCC1)OC(=O)CCCCCCCC)N(C)CCCCO)CSC1CCCCC1. The Bertz CT molecular complexity index is 877. The summed E-state index contributed by atoms with van der Waals surface area (Å²) in [7, 11) is 2.28. The molecule has 2 aliphatic carbocycles. The quantitative estimate of drug-likeness (QED) is 0.0484. The van der Waals surface area contributed by atoms with Crippen molar-refractivity contribution in [2.24, 2.45) is 0 Å². The summed E-state index contributed by atoms with van der Waals surface area (Å²) in [6.07, 6.45) is 42.4. The van der Waals surface area contributed by atoms with Crippen molar-refractivity contribution in [1.82, 2.24) is 4.90 Å². The largest absolute Gasteiger partial charge is 0.461 e. The number of rotatable bonds is 39. The van der Waals surface area contributed by atoms with Crippen LogP contribution in [0.2, 0.25) is 0 Å². The van der Waals surface area contributed by atoms with E-state index in [0.717, 1.165) is 92.8 Å². The predicted octanol–water partition coefficient (Wildman–Crippen LogP) is 14.4. The topological polar surface area (TPSA) is 76.1 Å². The second-order valence-corrected chi connectivity index (χ2v) is 21.0. The highest BCUT2D eigenvalue weighted by Crippen LogP contribution is 2.31. The molecule has 58 heavy (non-hydrogen) atoms. The van der Waals surface area contributed by atoms with Crippen LogP contribution in [-0.4, -0.2) is 82.4 Å². The van der Waals surface area contributed by atoms with Crippen molar-refractivity contribution < 1.29 is 24.2 Å². The van der Waals surface area contributed by atoms with Gasteiger partial charge in [-0.15, -0.1) is 0 Å². The summed E-state index contributed by atoms with van der Waals surface area (Å²) < 4.78 is 12.3. The summed E-state index contributed by atoms with van der Waals surface area (Å²) in [5.41, 5.74) is 0. The van der Waals surface area contributed by atoms with Crippen LogP contribution in [0.15, 0.2) is 0 Å².